The van der Waals surface area contributed by atoms with E-state index in [1.807, 2.05) is 33.3 Å². The van der Waals surface area contributed by atoms with Gasteiger partial charge in [0.05, 0.1) is 6.54 Å². The van der Waals surface area contributed by atoms with Crippen molar-refractivity contribution in [1.82, 2.24) is 0 Å². The lowest BCUT2D eigenvalue weighted by molar-refractivity contribution is 0.810. The molecule has 0 saturated heterocycles. The molecule has 0 aliphatic carbocycles. The highest BCUT2D eigenvalue weighted by Crippen LogP contribution is 2.39. The van der Waals surface area contributed by atoms with Crippen LogP contribution >= 0.6 is 33.3 Å². The Hall–Kier alpha value is 0.720. The molecule has 0 atom stereocenters. The third-order valence-corrected chi connectivity index (χ3v) is 5.68. The van der Waals surface area contributed by atoms with Crippen LogP contribution in [0, 0.1) is 0 Å². The van der Waals surface area contributed by atoms with Gasteiger partial charge < -0.3 is 0 Å². The Morgan fingerprint density at radius 3 is 2.64 bits per heavy atom. The van der Waals surface area contributed by atoms with Gasteiger partial charge in [-0.3, -0.25) is 4.99 Å². The lowest BCUT2D eigenvalue weighted by atomic mass is 10.3. The smallest absolute Gasteiger partial charge is 0.135 e. The number of hydrogen-bond acceptors (Lipinski definition) is 4. The van der Waals surface area contributed by atoms with Crippen LogP contribution in [0.4, 0.5) is 0 Å². The van der Waals surface area contributed by atoms with Crippen LogP contribution in [-0.2, 0) is 0 Å². The van der Waals surface area contributed by atoms with Crippen molar-refractivity contribution in [2.24, 2.45) is 4.99 Å². The summed E-state index contributed by atoms with van der Waals surface area (Å²) in [5.41, 5.74) is 0. The maximum atomic E-state index is 4.36. The van der Waals surface area contributed by atoms with Gasteiger partial charge in [0.25, 0.3) is 0 Å². The first-order valence-electron chi connectivity index (χ1n) is 3.61. The number of nitrogens with zero attached hydrogens (tertiary/aromatic N) is 1. The molecule has 0 unspecified atom stereocenters. The molecule has 0 fully saturated rings. The molecule has 0 bridgehead atoms. The van der Waals surface area contributed by atoms with E-state index in [-0.39, 0.29) is 0 Å². The van der Waals surface area contributed by atoms with Gasteiger partial charge in [-0.2, -0.15) is 0 Å². The van der Waals surface area contributed by atoms with Gasteiger partial charge in [0.1, 0.15) is 4.38 Å². The molecule has 64 valence electrons. The fourth-order valence-electron chi connectivity index (χ4n) is 0.527. The van der Waals surface area contributed by atoms with E-state index in [1.54, 1.807) is 0 Å². The van der Waals surface area contributed by atoms with Gasteiger partial charge >= 0.3 is 0 Å². The van der Waals surface area contributed by atoms with E-state index in [9.17, 15) is 0 Å². The minimum Gasteiger partial charge on any atom is -0.270 e. The van der Waals surface area contributed by atoms with Gasteiger partial charge in [-0.15, -0.1) is 0 Å². The summed E-state index contributed by atoms with van der Waals surface area (Å²) in [6.45, 7) is 7.69. The molecule has 0 spiro atoms. The van der Waals surface area contributed by atoms with Crippen molar-refractivity contribution in [3.05, 3.63) is 0 Å². The Morgan fingerprint density at radius 2 is 2.18 bits per heavy atom. The SMILES string of the molecule is CC(C)(C)SSC1=NCCS1. The number of rotatable bonds is 1. The van der Waals surface area contributed by atoms with Crippen molar-refractivity contribution < 1.29 is 0 Å². The summed E-state index contributed by atoms with van der Waals surface area (Å²) in [6, 6.07) is 0. The normalized spacial score (nSPS) is 18.6. The van der Waals surface area contributed by atoms with Gasteiger partial charge in [-0.25, -0.2) is 0 Å². The van der Waals surface area contributed by atoms with Crippen LogP contribution in [0.25, 0.3) is 0 Å². The Bertz CT molecular complexity index is 160. The van der Waals surface area contributed by atoms with Crippen LogP contribution in [0.5, 0.6) is 0 Å². The quantitative estimate of drug-likeness (QED) is 0.612. The topological polar surface area (TPSA) is 12.4 Å². The Labute approximate surface area is 80.6 Å². The van der Waals surface area contributed by atoms with Crippen LogP contribution < -0.4 is 0 Å². The first-order chi connectivity index (χ1) is 5.08. The lowest BCUT2D eigenvalue weighted by Gasteiger charge is -2.15. The molecule has 0 radical (unpaired) electrons. The fraction of sp³-hybridized carbons (Fsp3) is 0.857. The zero-order valence-corrected chi connectivity index (χ0v) is 9.54. The first-order valence-corrected chi connectivity index (χ1v) is 6.74. The third-order valence-electron chi connectivity index (χ3n) is 0.921. The van der Waals surface area contributed by atoms with Gasteiger partial charge in [0.15, 0.2) is 0 Å². The van der Waals surface area contributed by atoms with E-state index in [1.165, 1.54) is 10.1 Å². The van der Waals surface area contributed by atoms with Crippen LogP contribution in [-0.4, -0.2) is 21.4 Å². The van der Waals surface area contributed by atoms with E-state index in [4.69, 9.17) is 0 Å². The van der Waals surface area contributed by atoms with E-state index < -0.39 is 0 Å². The van der Waals surface area contributed by atoms with E-state index in [0.717, 1.165) is 6.54 Å². The highest BCUT2D eigenvalue weighted by atomic mass is 33.1. The average Bonchev–Trinajstić information content (AvgIpc) is 2.32. The van der Waals surface area contributed by atoms with Crippen LogP contribution in [0.1, 0.15) is 20.8 Å². The highest BCUT2D eigenvalue weighted by Gasteiger charge is 2.15. The van der Waals surface area contributed by atoms with Crippen LogP contribution in [0.15, 0.2) is 4.99 Å². The summed E-state index contributed by atoms with van der Waals surface area (Å²) >= 11 is 1.88. The maximum Gasteiger partial charge on any atom is 0.135 e. The van der Waals surface area contributed by atoms with Gasteiger partial charge in [0, 0.05) is 10.5 Å². The van der Waals surface area contributed by atoms with E-state index >= 15 is 0 Å². The van der Waals surface area contributed by atoms with Gasteiger partial charge in [-0.05, 0) is 10.8 Å². The van der Waals surface area contributed by atoms with Crippen molar-refractivity contribution in [2.45, 2.75) is 25.5 Å². The predicted molar refractivity (Wildman–Crippen MR) is 59.7 cm³/mol. The summed E-state index contributed by atoms with van der Waals surface area (Å²) in [4.78, 5) is 4.36. The largest absolute Gasteiger partial charge is 0.270 e. The number of hydrogen-bond donors (Lipinski definition) is 0. The zero-order valence-electron chi connectivity index (χ0n) is 7.09. The molecule has 1 aliphatic heterocycles. The molecule has 0 aromatic rings. The summed E-state index contributed by atoms with van der Waals surface area (Å²) < 4.78 is 1.60. The first kappa shape index (κ1) is 9.81. The molecule has 1 aliphatic rings. The highest BCUT2D eigenvalue weighted by molar-refractivity contribution is 8.86. The predicted octanol–water partition coefficient (Wildman–Crippen LogP) is 3.27. The second-order valence-corrected chi connectivity index (χ2v) is 7.56. The summed E-state index contributed by atoms with van der Waals surface area (Å²) in [5.74, 6) is 1.17. The molecule has 4 heteroatoms. The molecule has 0 saturated carbocycles. The van der Waals surface area contributed by atoms with Crippen molar-refractivity contribution in [1.29, 1.82) is 0 Å². The number of thioether (sulfide) groups is 1. The Balaban J connectivity index is 2.22. The molecular formula is C7H13NS3. The van der Waals surface area contributed by atoms with E-state index in [2.05, 4.69) is 25.8 Å². The van der Waals surface area contributed by atoms with Gasteiger partial charge in [-0.1, -0.05) is 43.3 Å². The fourth-order valence-corrected chi connectivity index (χ4v) is 3.84. The second-order valence-electron chi connectivity index (χ2n) is 3.28. The van der Waals surface area contributed by atoms with E-state index in [0.29, 0.717) is 4.75 Å². The minimum absolute atomic E-state index is 0.344. The molecule has 0 aromatic heterocycles. The summed E-state index contributed by atoms with van der Waals surface area (Å²) in [5, 5.41) is 0. The molecule has 1 rings (SSSR count). The molecule has 0 N–H and O–H groups in total. The second kappa shape index (κ2) is 4.10. The Morgan fingerprint density at radius 1 is 1.45 bits per heavy atom. The summed E-state index contributed by atoms with van der Waals surface area (Å²) in [6.07, 6.45) is 0. The zero-order chi connectivity index (χ0) is 8.32. The van der Waals surface area contributed by atoms with Crippen molar-refractivity contribution in [3.63, 3.8) is 0 Å². The number of aliphatic imine (C=N–C) groups is 1. The molecule has 0 aromatic carbocycles. The third kappa shape index (κ3) is 4.33. The lowest BCUT2D eigenvalue weighted by Crippen LogP contribution is -2.04. The van der Waals surface area contributed by atoms with Crippen molar-refractivity contribution >= 4 is 37.7 Å². The van der Waals surface area contributed by atoms with Crippen LogP contribution in [0.3, 0.4) is 0 Å². The summed E-state index contributed by atoms with van der Waals surface area (Å²) in [7, 11) is 3.72. The van der Waals surface area contributed by atoms with Crippen molar-refractivity contribution in [2.75, 3.05) is 12.3 Å². The Kier molecular flexibility index (Phi) is 3.65. The molecule has 0 amide bonds. The molecule has 1 heterocycles. The average molecular weight is 207 g/mol. The van der Waals surface area contributed by atoms with Crippen molar-refractivity contribution in [3.8, 4) is 0 Å². The maximum absolute atomic E-state index is 4.36. The molecule has 11 heavy (non-hydrogen) atoms. The minimum atomic E-state index is 0.344. The standard InChI is InChI=1S/C7H13NS3/c1-7(2,3)11-10-6-8-4-5-9-6/h4-5H2,1-3H3. The van der Waals surface area contributed by atoms with Crippen LogP contribution in [0.2, 0.25) is 0 Å². The van der Waals surface area contributed by atoms with Gasteiger partial charge in [0.2, 0.25) is 0 Å². The monoisotopic (exact) mass is 207 g/mol. The molecular weight excluding hydrogens is 194 g/mol. The molecule has 1 nitrogen and oxygen atoms in total.